The molecule has 0 aliphatic carbocycles. The molecular formula is C16H21FN2OS. The van der Waals surface area contributed by atoms with Gasteiger partial charge < -0.3 is 10.1 Å². The maximum Gasteiger partial charge on any atom is 0.123 e. The van der Waals surface area contributed by atoms with Crippen LogP contribution >= 0.6 is 11.3 Å². The number of rotatable bonds is 7. The summed E-state index contributed by atoms with van der Waals surface area (Å²) >= 11 is 1.58. The van der Waals surface area contributed by atoms with Gasteiger partial charge in [-0.3, -0.25) is 0 Å². The van der Waals surface area contributed by atoms with Crippen LogP contribution in [0.4, 0.5) is 4.39 Å². The average molecular weight is 308 g/mol. The summed E-state index contributed by atoms with van der Waals surface area (Å²) in [4.78, 5) is 4.59. The monoisotopic (exact) mass is 308 g/mol. The normalized spacial score (nSPS) is 12.8. The van der Waals surface area contributed by atoms with Crippen LogP contribution in [0.25, 0.3) is 10.6 Å². The number of methoxy groups -OCH3 is 1. The predicted molar refractivity (Wildman–Crippen MR) is 84.8 cm³/mol. The fourth-order valence-corrected chi connectivity index (χ4v) is 2.84. The summed E-state index contributed by atoms with van der Waals surface area (Å²) in [5.41, 5.74) is 1.95. The summed E-state index contributed by atoms with van der Waals surface area (Å²) in [6.07, 6.45) is 0. The van der Waals surface area contributed by atoms with Crippen molar-refractivity contribution in [1.82, 2.24) is 10.3 Å². The van der Waals surface area contributed by atoms with Crippen LogP contribution in [-0.4, -0.2) is 24.7 Å². The molecule has 114 valence electrons. The lowest BCUT2D eigenvalue weighted by Gasteiger charge is -2.20. The number of nitrogens with one attached hydrogen (secondary N) is 1. The van der Waals surface area contributed by atoms with E-state index >= 15 is 0 Å². The molecule has 0 aliphatic rings. The Morgan fingerprint density at radius 3 is 2.62 bits per heavy atom. The largest absolute Gasteiger partial charge is 0.383 e. The summed E-state index contributed by atoms with van der Waals surface area (Å²) in [6, 6.07) is 6.75. The third kappa shape index (κ3) is 4.59. The SMILES string of the molecule is COCC(NCc1csc(-c2ccc(F)cc2)n1)C(C)C. The van der Waals surface area contributed by atoms with Crippen molar-refractivity contribution < 1.29 is 9.13 Å². The summed E-state index contributed by atoms with van der Waals surface area (Å²) in [7, 11) is 1.71. The first-order valence-electron chi connectivity index (χ1n) is 7.03. The lowest BCUT2D eigenvalue weighted by molar-refractivity contribution is 0.146. The molecule has 2 aromatic rings. The third-order valence-electron chi connectivity index (χ3n) is 3.34. The van der Waals surface area contributed by atoms with E-state index in [2.05, 4.69) is 24.1 Å². The highest BCUT2D eigenvalue weighted by molar-refractivity contribution is 7.13. The Kier molecular flexibility index (Phi) is 5.85. The van der Waals surface area contributed by atoms with Crippen molar-refractivity contribution in [2.45, 2.75) is 26.4 Å². The minimum atomic E-state index is -0.225. The van der Waals surface area contributed by atoms with Gasteiger partial charge in [0.25, 0.3) is 0 Å². The smallest absolute Gasteiger partial charge is 0.123 e. The van der Waals surface area contributed by atoms with E-state index in [-0.39, 0.29) is 5.82 Å². The van der Waals surface area contributed by atoms with E-state index in [1.807, 2.05) is 5.38 Å². The Hall–Kier alpha value is -1.30. The number of ether oxygens (including phenoxy) is 1. The standard InChI is InChI=1S/C16H21FN2OS/c1-11(2)15(9-20-3)18-8-14-10-21-16(19-14)12-4-6-13(17)7-5-12/h4-7,10-11,15,18H,8-9H2,1-3H3. The van der Waals surface area contributed by atoms with Crippen molar-refractivity contribution in [2.24, 2.45) is 5.92 Å². The van der Waals surface area contributed by atoms with Gasteiger partial charge in [-0.1, -0.05) is 13.8 Å². The maximum absolute atomic E-state index is 12.9. The molecule has 0 radical (unpaired) electrons. The van der Waals surface area contributed by atoms with Crippen molar-refractivity contribution >= 4 is 11.3 Å². The van der Waals surface area contributed by atoms with Gasteiger partial charge in [-0.05, 0) is 30.2 Å². The molecule has 2 rings (SSSR count). The zero-order valence-corrected chi connectivity index (χ0v) is 13.4. The van der Waals surface area contributed by atoms with E-state index in [1.54, 1.807) is 30.6 Å². The molecule has 1 N–H and O–H groups in total. The Balaban J connectivity index is 1.98. The number of hydrogen-bond donors (Lipinski definition) is 1. The van der Waals surface area contributed by atoms with Crippen LogP contribution in [-0.2, 0) is 11.3 Å². The van der Waals surface area contributed by atoms with E-state index in [9.17, 15) is 4.39 Å². The summed E-state index contributed by atoms with van der Waals surface area (Å²) in [6.45, 7) is 5.74. The van der Waals surface area contributed by atoms with Gasteiger partial charge in [-0.25, -0.2) is 9.37 Å². The summed E-state index contributed by atoms with van der Waals surface area (Å²) in [5.74, 6) is 0.275. The fraction of sp³-hybridized carbons (Fsp3) is 0.438. The van der Waals surface area contributed by atoms with Crippen LogP contribution in [0, 0.1) is 11.7 Å². The Morgan fingerprint density at radius 2 is 2.00 bits per heavy atom. The average Bonchev–Trinajstić information content (AvgIpc) is 2.92. The van der Waals surface area contributed by atoms with Crippen molar-refractivity contribution in [3.05, 3.63) is 41.2 Å². The zero-order valence-electron chi connectivity index (χ0n) is 12.6. The molecule has 0 bridgehead atoms. The molecule has 1 unspecified atom stereocenters. The lowest BCUT2D eigenvalue weighted by Crippen LogP contribution is -2.37. The maximum atomic E-state index is 12.9. The van der Waals surface area contributed by atoms with Crippen LogP contribution in [0.3, 0.4) is 0 Å². The second kappa shape index (κ2) is 7.64. The number of halogens is 1. The molecule has 3 nitrogen and oxygen atoms in total. The van der Waals surface area contributed by atoms with Gasteiger partial charge in [0.05, 0.1) is 12.3 Å². The van der Waals surface area contributed by atoms with E-state index in [0.29, 0.717) is 25.1 Å². The first-order valence-corrected chi connectivity index (χ1v) is 7.90. The van der Waals surface area contributed by atoms with Crippen LogP contribution in [0.1, 0.15) is 19.5 Å². The molecule has 0 amide bonds. The highest BCUT2D eigenvalue weighted by atomic mass is 32.1. The third-order valence-corrected chi connectivity index (χ3v) is 4.28. The Labute approximate surface area is 129 Å². The highest BCUT2D eigenvalue weighted by Crippen LogP contribution is 2.23. The second-order valence-corrected chi connectivity index (χ2v) is 6.20. The zero-order chi connectivity index (χ0) is 15.2. The second-order valence-electron chi connectivity index (χ2n) is 5.34. The van der Waals surface area contributed by atoms with Crippen molar-refractivity contribution in [1.29, 1.82) is 0 Å². The van der Waals surface area contributed by atoms with Crippen LogP contribution < -0.4 is 5.32 Å². The topological polar surface area (TPSA) is 34.1 Å². The molecule has 1 aromatic heterocycles. The van der Waals surface area contributed by atoms with Gasteiger partial charge in [0.2, 0.25) is 0 Å². The molecule has 21 heavy (non-hydrogen) atoms. The van der Waals surface area contributed by atoms with Crippen LogP contribution in [0.2, 0.25) is 0 Å². The molecule has 1 aromatic carbocycles. The summed E-state index contributed by atoms with van der Waals surface area (Å²) < 4.78 is 18.2. The number of thiazole rings is 1. The molecule has 0 fully saturated rings. The lowest BCUT2D eigenvalue weighted by atomic mass is 10.1. The van der Waals surface area contributed by atoms with Crippen LogP contribution in [0.5, 0.6) is 0 Å². The highest BCUT2D eigenvalue weighted by Gasteiger charge is 2.13. The first kappa shape index (κ1) is 16.1. The number of aromatic nitrogens is 1. The number of benzene rings is 1. The van der Waals surface area contributed by atoms with E-state index < -0.39 is 0 Å². The van der Waals surface area contributed by atoms with Crippen molar-refractivity contribution in [3.8, 4) is 10.6 Å². The Morgan fingerprint density at radius 1 is 1.29 bits per heavy atom. The molecule has 0 saturated heterocycles. The van der Waals surface area contributed by atoms with Gasteiger partial charge in [0.15, 0.2) is 0 Å². The van der Waals surface area contributed by atoms with E-state index in [1.165, 1.54) is 12.1 Å². The number of hydrogen-bond acceptors (Lipinski definition) is 4. The van der Waals surface area contributed by atoms with Crippen LogP contribution in [0.15, 0.2) is 29.6 Å². The van der Waals surface area contributed by atoms with Crippen molar-refractivity contribution in [2.75, 3.05) is 13.7 Å². The molecule has 0 saturated carbocycles. The van der Waals surface area contributed by atoms with E-state index in [0.717, 1.165) is 16.3 Å². The molecular weight excluding hydrogens is 287 g/mol. The molecule has 1 heterocycles. The molecule has 0 spiro atoms. The Bertz CT molecular complexity index is 554. The molecule has 5 heteroatoms. The van der Waals surface area contributed by atoms with Gasteiger partial charge in [0, 0.05) is 30.6 Å². The van der Waals surface area contributed by atoms with Crippen molar-refractivity contribution in [3.63, 3.8) is 0 Å². The van der Waals surface area contributed by atoms with Gasteiger partial charge in [0.1, 0.15) is 10.8 Å². The van der Waals surface area contributed by atoms with Gasteiger partial charge in [-0.15, -0.1) is 11.3 Å². The van der Waals surface area contributed by atoms with E-state index in [4.69, 9.17) is 4.74 Å². The van der Waals surface area contributed by atoms with Gasteiger partial charge in [-0.2, -0.15) is 0 Å². The van der Waals surface area contributed by atoms with Gasteiger partial charge >= 0.3 is 0 Å². The summed E-state index contributed by atoms with van der Waals surface area (Å²) in [5, 5.41) is 6.42. The molecule has 1 atom stereocenters. The number of nitrogens with zero attached hydrogens (tertiary/aromatic N) is 1. The minimum Gasteiger partial charge on any atom is -0.383 e. The first-order chi connectivity index (χ1) is 10.1. The fourth-order valence-electron chi connectivity index (χ4n) is 2.02. The molecule has 0 aliphatic heterocycles. The predicted octanol–water partition coefficient (Wildman–Crippen LogP) is 3.71. The minimum absolute atomic E-state index is 0.225. The quantitative estimate of drug-likeness (QED) is 0.846.